The van der Waals surface area contributed by atoms with E-state index >= 15 is 0 Å². The molecule has 1 rings (SSSR count). The summed E-state index contributed by atoms with van der Waals surface area (Å²) in [5.41, 5.74) is -1.73. The minimum Gasteiger partial charge on any atom is -0.390 e. The van der Waals surface area contributed by atoms with Crippen LogP contribution in [0.5, 0.6) is 0 Å². The summed E-state index contributed by atoms with van der Waals surface area (Å²) >= 11 is 0. The number of hydrogen-bond acceptors (Lipinski definition) is 3. The molecule has 0 unspecified atom stereocenters. The van der Waals surface area contributed by atoms with Crippen LogP contribution in [0.25, 0.3) is 0 Å². The summed E-state index contributed by atoms with van der Waals surface area (Å²) in [6.45, 7) is 9.76. The van der Waals surface area contributed by atoms with E-state index in [0.29, 0.717) is 6.42 Å². The molecule has 0 spiro atoms. The van der Waals surface area contributed by atoms with Crippen molar-refractivity contribution in [2.75, 3.05) is 7.11 Å². The van der Waals surface area contributed by atoms with Crippen LogP contribution in [-0.4, -0.2) is 34.1 Å². The van der Waals surface area contributed by atoms with Crippen molar-refractivity contribution in [1.82, 2.24) is 0 Å². The van der Waals surface area contributed by atoms with Gasteiger partial charge in [0.05, 0.1) is 16.8 Å². The van der Waals surface area contributed by atoms with Crippen molar-refractivity contribution in [3.8, 4) is 0 Å². The Labute approximate surface area is 117 Å². The third-order valence-corrected chi connectivity index (χ3v) is 4.92. The van der Waals surface area contributed by atoms with Crippen LogP contribution in [-0.2, 0) is 4.74 Å². The third-order valence-electron chi connectivity index (χ3n) is 4.92. The van der Waals surface area contributed by atoms with Crippen molar-refractivity contribution in [3.05, 3.63) is 12.2 Å². The zero-order valence-electron chi connectivity index (χ0n) is 13.2. The van der Waals surface area contributed by atoms with E-state index in [4.69, 9.17) is 4.74 Å². The third kappa shape index (κ3) is 4.04. The van der Waals surface area contributed by atoms with E-state index in [1.54, 1.807) is 7.11 Å². The highest BCUT2D eigenvalue weighted by atomic mass is 16.5. The van der Waals surface area contributed by atoms with Crippen molar-refractivity contribution < 1.29 is 14.9 Å². The number of rotatable bonds is 5. The maximum absolute atomic E-state index is 10.7. The van der Waals surface area contributed by atoms with Crippen molar-refractivity contribution >= 4 is 0 Å². The zero-order chi connectivity index (χ0) is 14.9. The lowest BCUT2D eigenvalue weighted by atomic mass is 9.77. The lowest BCUT2D eigenvalue weighted by Crippen LogP contribution is -2.40. The Morgan fingerprint density at radius 2 is 1.95 bits per heavy atom. The van der Waals surface area contributed by atoms with Gasteiger partial charge in [0, 0.05) is 7.11 Å². The van der Waals surface area contributed by atoms with Gasteiger partial charge in [-0.15, -0.1) is 0 Å². The molecule has 0 aromatic rings. The van der Waals surface area contributed by atoms with E-state index in [1.165, 1.54) is 0 Å². The van der Waals surface area contributed by atoms with Crippen LogP contribution in [0.2, 0.25) is 0 Å². The first-order valence-corrected chi connectivity index (χ1v) is 7.19. The van der Waals surface area contributed by atoms with Gasteiger partial charge in [-0.2, -0.15) is 0 Å². The molecule has 2 N–H and O–H groups in total. The number of ether oxygens (including phenoxy) is 1. The Kier molecular flexibility index (Phi) is 4.87. The molecule has 0 bridgehead atoms. The van der Waals surface area contributed by atoms with Crippen molar-refractivity contribution in [2.24, 2.45) is 11.8 Å². The molecule has 1 saturated carbocycles. The average molecular weight is 270 g/mol. The molecule has 19 heavy (non-hydrogen) atoms. The van der Waals surface area contributed by atoms with Gasteiger partial charge in [0.1, 0.15) is 0 Å². The standard InChI is InChI=1S/C16H30O3/c1-12-13(8-11-15(12,4)17)16(5,18)10-7-9-14(2,3)19-6/h7,9,12-13,17-18H,8,10-11H2,1-6H3/b9-7+/t12-,13+,15+,16+/m0/s1. The first-order valence-electron chi connectivity index (χ1n) is 7.19. The predicted octanol–water partition coefficient (Wildman–Crippen LogP) is 2.91. The minimum atomic E-state index is -0.778. The van der Waals surface area contributed by atoms with E-state index in [1.807, 2.05) is 46.8 Å². The fourth-order valence-corrected chi connectivity index (χ4v) is 3.01. The van der Waals surface area contributed by atoms with Gasteiger partial charge in [0.25, 0.3) is 0 Å². The largest absolute Gasteiger partial charge is 0.390 e. The van der Waals surface area contributed by atoms with E-state index in [9.17, 15) is 10.2 Å². The second kappa shape index (κ2) is 5.55. The van der Waals surface area contributed by atoms with Gasteiger partial charge in [0.2, 0.25) is 0 Å². The minimum absolute atomic E-state index is 0.117. The van der Waals surface area contributed by atoms with Gasteiger partial charge in [-0.3, -0.25) is 0 Å². The summed E-state index contributed by atoms with van der Waals surface area (Å²) in [6.07, 6.45) is 6.21. The summed E-state index contributed by atoms with van der Waals surface area (Å²) < 4.78 is 5.32. The van der Waals surface area contributed by atoms with E-state index in [2.05, 4.69) is 0 Å². The molecule has 0 aromatic carbocycles. The van der Waals surface area contributed by atoms with Crippen LogP contribution in [0.3, 0.4) is 0 Å². The summed E-state index contributed by atoms with van der Waals surface area (Å²) in [5.74, 6) is 0.254. The summed E-state index contributed by atoms with van der Waals surface area (Å²) in [6, 6.07) is 0. The highest BCUT2D eigenvalue weighted by molar-refractivity contribution is 5.04. The molecule has 112 valence electrons. The quantitative estimate of drug-likeness (QED) is 0.755. The number of methoxy groups -OCH3 is 1. The Morgan fingerprint density at radius 3 is 2.37 bits per heavy atom. The zero-order valence-corrected chi connectivity index (χ0v) is 13.2. The Hall–Kier alpha value is -0.380. The monoisotopic (exact) mass is 270 g/mol. The second-order valence-electron chi connectivity index (χ2n) is 7.06. The fourth-order valence-electron chi connectivity index (χ4n) is 3.01. The van der Waals surface area contributed by atoms with Gasteiger partial charge in [-0.05, 0) is 58.8 Å². The SMILES string of the molecule is COC(C)(C)/C=C/C[C@@](C)(O)[C@@H]1CC[C@@](C)(O)[C@H]1C. The van der Waals surface area contributed by atoms with Crippen LogP contribution < -0.4 is 0 Å². The van der Waals surface area contributed by atoms with Gasteiger partial charge >= 0.3 is 0 Å². The molecule has 3 nitrogen and oxygen atoms in total. The molecule has 0 aliphatic heterocycles. The molecule has 0 aromatic heterocycles. The lowest BCUT2D eigenvalue weighted by molar-refractivity contribution is -0.0486. The molecule has 0 heterocycles. The Bertz CT molecular complexity index is 329. The van der Waals surface area contributed by atoms with Crippen LogP contribution in [0, 0.1) is 11.8 Å². The molecule has 1 fully saturated rings. The number of aliphatic hydroxyl groups is 2. The Morgan fingerprint density at radius 1 is 1.37 bits per heavy atom. The molecule has 1 aliphatic carbocycles. The van der Waals surface area contributed by atoms with Gasteiger partial charge in [0.15, 0.2) is 0 Å². The highest BCUT2D eigenvalue weighted by Crippen LogP contribution is 2.46. The lowest BCUT2D eigenvalue weighted by Gasteiger charge is -2.35. The first-order chi connectivity index (χ1) is 8.52. The van der Waals surface area contributed by atoms with Crippen molar-refractivity contribution in [3.63, 3.8) is 0 Å². The van der Waals surface area contributed by atoms with Crippen molar-refractivity contribution in [1.29, 1.82) is 0 Å². The van der Waals surface area contributed by atoms with Crippen LogP contribution in [0.1, 0.15) is 53.9 Å². The molecule has 4 atom stereocenters. The first kappa shape index (κ1) is 16.7. The van der Waals surface area contributed by atoms with Gasteiger partial charge in [-0.1, -0.05) is 19.1 Å². The maximum atomic E-state index is 10.7. The van der Waals surface area contributed by atoms with Gasteiger partial charge in [-0.25, -0.2) is 0 Å². The maximum Gasteiger partial charge on any atom is 0.0802 e. The highest BCUT2D eigenvalue weighted by Gasteiger charge is 2.47. The normalized spacial score (nSPS) is 35.8. The molecule has 0 amide bonds. The molecule has 3 heteroatoms. The average Bonchev–Trinajstić information content (AvgIpc) is 2.54. The van der Waals surface area contributed by atoms with Gasteiger partial charge < -0.3 is 14.9 Å². The summed E-state index contributed by atoms with van der Waals surface area (Å²) in [5, 5.41) is 20.9. The fraction of sp³-hybridized carbons (Fsp3) is 0.875. The van der Waals surface area contributed by atoms with Crippen molar-refractivity contribution in [2.45, 2.75) is 70.7 Å². The van der Waals surface area contributed by atoms with Crippen LogP contribution in [0.4, 0.5) is 0 Å². The predicted molar refractivity (Wildman–Crippen MR) is 78.0 cm³/mol. The topological polar surface area (TPSA) is 49.7 Å². The molecule has 0 radical (unpaired) electrons. The molecular formula is C16H30O3. The smallest absolute Gasteiger partial charge is 0.0802 e. The van der Waals surface area contributed by atoms with E-state index < -0.39 is 11.2 Å². The van der Waals surface area contributed by atoms with Crippen LogP contribution >= 0.6 is 0 Å². The molecular weight excluding hydrogens is 240 g/mol. The number of hydrogen-bond donors (Lipinski definition) is 2. The molecule has 0 saturated heterocycles. The second-order valence-corrected chi connectivity index (χ2v) is 7.06. The molecule has 1 aliphatic rings. The summed E-state index contributed by atoms with van der Waals surface area (Å²) in [4.78, 5) is 0. The summed E-state index contributed by atoms with van der Waals surface area (Å²) in [7, 11) is 1.68. The Balaban J connectivity index is 2.67. The van der Waals surface area contributed by atoms with Crippen LogP contribution in [0.15, 0.2) is 12.2 Å². The van der Waals surface area contributed by atoms with E-state index in [0.717, 1.165) is 12.8 Å². The van der Waals surface area contributed by atoms with E-state index in [-0.39, 0.29) is 17.4 Å².